The topological polar surface area (TPSA) is 60.4 Å². The zero-order chi connectivity index (χ0) is 14.8. The third-order valence-electron chi connectivity index (χ3n) is 2.12. The van der Waals surface area contributed by atoms with Gasteiger partial charge in [0.25, 0.3) is 0 Å². The summed E-state index contributed by atoms with van der Waals surface area (Å²) in [4.78, 5) is 11.4. The van der Waals surface area contributed by atoms with E-state index in [1.807, 2.05) is 0 Å². The summed E-state index contributed by atoms with van der Waals surface area (Å²) in [6, 6.07) is 1.59. The van der Waals surface area contributed by atoms with Gasteiger partial charge in [0.2, 0.25) is 0 Å². The van der Waals surface area contributed by atoms with Crippen LogP contribution in [0.5, 0.6) is 5.75 Å². The van der Waals surface area contributed by atoms with Crippen molar-refractivity contribution < 1.29 is 34.5 Å². The average Bonchev–Trinajstić information content (AvgIpc) is 2.24. The van der Waals surface area contributed by atoms with Crippen LogP contribution >= 0.6 is 0 Å². The molecule has 0 aliphatic rings. The van der Waals surface area contributed by atoms with Gasteiger partial charge in [-0.25, -0.2) is 0 Å². The fraction of sp³-hybridized carbons (Fsp3) is 0.300. The number of hydrogen-bond acceptors (Lipinski definition) is 4. The van der Waals surface area contributed by atoms with Gasteiger partial charge in [0.05, 0.1) is 11.1 Å². The lowest BCUT2D eigenvalue weighted by Crippen LogP contribution is -2.10. The van der Waals surface area contributed by atoms with E-state index in [0.717, 1.165) is 6.07 Å². The second-order valence-corrected chi connectivity index (χ2v) is 4.41. The van der Waals surface area contributed by atoms with Gasteiger partial charge in [0.1, 0.15) is 0 Å². The van der Waals surface area contributed by atoms with Crippen molar-refractivity contribution in [3.8, 4) is 5.75 Å². The van der Waals surface area contributed by atoms with Gasteiger partial charge >= 0.3 is 16.7 Å². The highest BCUT2D eigenvalue weighted by molar-refractivity contribution is 7.81. The Labute approximate surface area is 106 Å². The molecule has 0 aromatic heterocycles. The van der Waals surface area contributed by atoms with E-state index in [2.05, 4.69) is 4.18 Å². The first-order chi connectivity index (χ1) is 8.54. The Balaban J connectivity index is 3.38. The van der Waals surface area contributed by atoms with Crippen molar-refractivity contribution in [1.29, 1.82) is 0 Å². The molecule has 0 N–H and O–H groups in total. The first-order valence-electron chi connectivity index (χ1n) is 4.93. The average molecular weight is 300 g/mol. The molecule has 4 nitrogen and oxygen atoms in total. The lowest BCUT2D eigenvalue weighted by atomic mass is 10.0. The van der Waals surface area contributed by atoms with Crippen molar-refractivity contribution in [2.24, 2.45) is 0 Å². The Morgan fingerprint density at radius 3 is 2.32 bits per heavy atom. The molecule has 19 heavy (non-hydrogen) atoms. The third-order valence-corrected chi connectivity index (χ3v) is 2.50. The van der Waals surface area contributed by atoms with E-state index in [1.165, 1.54) is 6.92 Å². The van der Waals surface area contributed by atoms with Crippen LogP contribution in [0.25, 0.3) is 0 Å². The van der Waals surface area contributed by atoms with Crippen molar-refractivity contribution in [3.63, 3.8) is 0 Å². The fourth-order valence-corrected chi connectivity index (χ4v) is 1.65. The Bertz CT molecular complexity index is 592. The number of hydrogen-bond donors (Lipinski definition) is 0. The standard InChI is InChI=1S/C10H8F4O4S/c1-2-8(15)7-4-3-6(10(11,12)13)5-9(7)18-19(14,16)17/h3-5H,2H2,1H3. The number of carbonyl (C=O) groups is 1. The van der Waals surface area contributed by atoms with Crippen LogP contribution in [0.15, 0.2) is 18.2 Å². The SMILES string of the molecule is CCC(=O)c1ccc(C(F)(F)F)cc1OS(=O)(=O)F. The number of halogens is 4. The number of carbonyl (C=O) groups excluding carboxylic acids is 1. The van der Waals surface area contributed by atoms with E-state index < -0.39 is 39.3 Å². The normalized spacial score (nSPS) is 12.3. The summed E-state index contributed by atoms with van der Waals surface area (Å²) in [6.07, 6.45) is -4.87. The predicted molar refractivity (Wildman–Crippen MR) is 56.7 cm³/mol. The highest BCUT2D eigenvalue weighted by Crippen LogP contribution is 2.34. The van der Waals surface area contributed by atoms with Gasteiger partial charge in [-0.1, -0.05) is 10.8 Å². The second kappa shape index (κ2) is 5.16. The molecular formula is C10H8F4O4S. The van der Waals surface area contributed by atoms with Gasteiger partial charge in [0, 0.05) is 6.42 Å². The van der Waals surface area contributed by atoms with Crippen molar-refractivity contribution >= 4 is 16.3 Å². The van der Waals surface area contributed by atoms with E-state index in [1.54, 1.807) is 0 Å². The first kappa shape index (κ1) is 15.4. The molecule has 0 bridgehead atoms. The number of alkyl halides is 3. The lowest BCUT2D eigenvalue weighted by Gasteiger charge is -2.11. The molecule has 0 spiro atoms. The highest BCUT2D eigenvalue weighted by atomic mass is 32.3. The quantitative estimate of drug-likeness (QED) is 0.487. The maximum absolute atomic E-state index is 12.4. The smallest absolute Gasteiger partial charge is 0.358 e. The van der Waals surface area contributed by atoms with Crippen LogP contribution in [0.3, 0.4) is 0 Å². The summed E-state index contributed by atoms with van der Waals surface area (Å²) in [5.74, 6) is -1.66. The summed E-state index contributed by atoms with van der Waals surface area (Å²) in [5, 5.41) is 0. The van der Waals surface area contributed by atoms with Crippen LogP contribution < -0.4 is 4.18 Å². The molecule has 0 atom stereocenters. The molecule has 1 aromatic carbocycles. The van der Waals surface area contributed by atoms with E-state index in [9.17, 15) is 30.3 Å². The maximum Gasteiger partial charge on any atom is 0.488 e. The molecule has 0 saturated carbocycles. The first-order valence-corrected chi connectivity index (χ1v) is 6.24. The highest BCUT2D eigenvalue weighted by Gasteiger charge is 2.32. The molecule has 0 fully saturated rings. The Kier molecular flexibility index (Phi) is 4.18. The predicted octanol–water partition coefficient (Wildman–Crippen LogP) is 2.89. The van der Waals surface area contributed by atoms with Gasteiger partial charge in [-0.15, -0.1) is 0 Å². The van der Waals surface area contributed by atoms with E-state index in [4.69, 9.17) is 0 Å². The molecule has 0 radical (unpaired) electrons. The molecular weight excluding hydrogens is 292 g/mol. The summed E-state index contributed by atoms with van der Waals surface area (Å²) in [5.41, 5.74) is -1.68. The molecule has 0 saturated heterocycles. The van der Waals surface area contributed by atoms with Crippen LogP contribution in [0.2, 0.25) is 0 Å². The monoisotopic (exact) mass is 300 g/mol. The molecule has 106 valence electrons. The number of ketones is 1. The molecule has 0 aliphatic heterocycles. The molecule has 0 aliphatic carbocycles. The largest absolute Gasteiger partial charge is 0.488 e. The lowest BCUT2D eigenvalue weighted by molar-refractivity contribution is -0.137. The van der Waals surface area contributed by atoms with Gasteiger partial charge in [-0.05, 0) is 18.2 Å². The number of Topliss-reactive ketones (excluding diaryl/α,β-unsaturated/α-hetero) is 1. The summed E-state index contributed by atoms with van der Waals surface area (Å²) >= 11 is 0. The van der Waals surface area contributed by atoms with Crippen LogP contribution in [0.4, 0.5) is 17.1 Å². The molecule has 0 unspecified atom stereocenters. The van der Waals surface area contributed by atoms with Crippen molar-refractivity contribution in [3.05, 3.63) is 29.3 Å². The zero-order valence-corrected chi connectivity index (χ0v) is 10.3. The minimum absolute atomic E-state index is 0.103. The molecule has 1 aromatic rings. The van der Waals surface area contributed by atoms with E-state index in [0.29, 0.717) is 6.07 Å². The minimum atomic E-state index is -5.52. The van der Waals surface area contributed by atoms with Crippen LogP contribution in [-0.2, 0) is 16.7 Å². The van der Waals surface area contributed by atoms with Gasteiger partial charge in [-0.2, -0.15) is 21.6 Å². The van der Waals surface area contributed by atoms with Crippen molar-refractivity contribution in [2.75, 3.05) is 0 Å². The van der Waals surface area contributed by atoms with Crippen LogP contribution in [0.1, 0.15) is 29.3 Å². The van der Waals surface area contributed by atoms with Gasteiger partial charge < -0.3 is 4.18 Å². The Morgan fingerprint density at radius 2 is 1.89 bits per heavy atom. The maximum atomic E-state index is 12.4. The molecule has 9 heteroatoms. The summed E-state index contributed by atoms with van der Waals surface area (Å²) in [7, 11) is -5.52. The summed E-state index contributed by atoms with van der Waals surface area (Å²) in [6.45, 7) is 1.41. The Hall–Kier alpha value is -1.64. The molecule has 0 amide bonds. The third kappa shape index (κ3) is 4.19. The van der Waals surface area contributed by atoms with Crippen LogP contribution in [-0.4, -0.2) is 14.2 Å². The molecule has 0 heterocycles. The number of rotatable bonds is 4. The van der Waals surface area contributed by atoms with Crippen molar-refractivity contribution in [2.45, 2.75) is 19.5 Å². The summed E-state index contributed by atoms with van der Waals surface area (Å²) < 4.78 is 74.2. The van der Waals surface area contributed by atoms with Gasteiger partial charge in [-0.3, -0.25) is 4.79 Å². The van der Waals surface area contributed by atoms with E-state index in [-0.39, 0.29) is 12.5 Å². The Morgan fingerprint density at radius 1 is 1.32 bits per heavy atom. The van der Waals surface area contributed by atoms with Gasteiger partial charge in [0.15, 0.2) is 11.5 Å². The zero-order valence-electron chi connectivity index (χ0n) is 9.49. The number of benzene rings is 1. The van der Waals surface area contributed by atoms with Crippen molar-refractivity contribution in [1.82, 2.24) is 0 Å². The van der Waals surface area contributed by atoms with E-state index >= 15 is 0 Å². The van der Waals surface area contributed by atoms with Crippen LogP contribution in [0, 0.1) is 0 Å². The second-order valence-electron chi connectivity index (χ2n) is 3.46. The molecule has 1 rings (SSSR count). The fourth-order valence-electron chi connectivity index (χ4n) is 1.30. The minimum Gasteiger partial charge on any atom is -0.358 e.